The van der Waals surface area contributed by atoms with Crippen molar-refractivity contribution in [2.24, 2.45) is 0 Å². The maximum Gasteiger partial charge on any atom is 0.341 e. The summed E-state index contributed by atoms with van der Waals surface area (Å²) in [6.07, 6.45) is 1.88. The summed E-state index contributed by atoms with van der Waals surface area (Å²) in [6, 6.07) is 3.67. The summed E-state index contributed by atoms with van der Waals surface area (Å²) in [5, 5.41) is 0. The minimum absolute atomic E-state index is 0.401. The molecule has 1 aromatic carbocycles. The fourth-order valence-electron chi connectivity index (χ4n) is 1.72. The van der Waals surface area contributed by atoms with E-state index >= 15 is 0 Å². The molecule has 0 saturated heterocycles. The van der Waals surface area contributed by atoms with Crippen LogP contribution in [0.3, 0.4) is 0 Å². The first-order valence-corrected chi connectivity index (χ1v) is 5.51. The smallest absolute Gasteiger partial charge is 0.341 e. The summed E-state index contributed by atoms with van der Waals surface area (Å²) >= 11 is 0. The number of hydrogen-bond donors (Lipinski definition) is 0. The summed E-state index contributed by atoms with van der Waals surface area (Å²) in [5.74, 6) is 0.552. The second-order valence-electron chi connectivity index (χ2n) is 3.62. The molecule has 94 valence electrons. The van der Waals surface area contributed by atoms with Crippen molar-refractivity contribution in [2.45, 2.75) is 19.8 Å². The van der Waals surface area contributed by atoms with Crippen LogP contribution in [0.15, 0.2) is 12.1 Å². The maximum absolute atomic E-state index is 11.7. The van der Waals surface area contributed by atoms with Gasteiger partial charge in [-0.2, -0.15) is 0 Å². The van der Waals surface area contributed by atoms with Gasteiger partial charge in [0.15, 0.2) is 11.5 Å². The first-order valence-electron chi connectivity index (χ1n) is 5.51. The average Bonchev–Trinajstić information content (AvgIpc) is 2.37. The number of carbonyl (C=O) groups excluding carboxylic acids is 1. The Bertz CT molecular complexity index is 399. The molecule has 0 unspecified atom stereocenters. The lowest BCUT2D eigenvalue weighted by Crippen LogP contribution is -2.06. The van der Waals surface area contributed by atoms with Crippen LogP contribution in [-0.4, -0.2) is 27.3 Å². The lowest BCUT2D eigenvalue weighted by Gasteiger charge is -2.13. The van der Waals surface area contributed by atoms with E-state index in [1.54, 1.807) is 13.2 Å². The minimum atomic E-state index is -0.418. The Morgan fingerprint density at radius 3 is 2.35 bits per heavy atom. The molecule has 0 aliphatic heterocycles. The van der Waals surface area contributed by atoms with E-state index in [4.69, 9.17) is 14.2 Å². The number of methoxy groups -OCH3 is 3. The SMILES string of the molecule is CCCc1cc(OC)c(OC)c(C(=O)OC)c1. The Hall–Kier alpha value is -1.71. The van der Waals surface area contributed by atoms with Crippen molar-refractivity contribution >= 4 is 5.97 Å². The van der Waals surface area contributed by atoms with Crippen LogP contribution in [0.25, 0.3) is 0 Å². The predicted octanol–water partition coefficient (Wildman–Crippen LogP) is 2.44. The predicted molar refractivity (Wildman–Crippen MR) is 64.9 cm³/mol. The third kappa shape index (κ3) is 2.90. The highest BCUT2D eigenvalue weighted by Crippen LogP contribution is 2.33. The van der Waals surface area contributed by atoms with Gasteiger partial charge in [0.1, 0.15) is 5.56 Å². The summed E-state index contributed by atoms with van der Waals surface area (Å²) in [4.78, 5) is 11.7. The third-order valence-electron chi connectivity index (χ3n) is 2.48. The van der Waals surface area contributed by atoms with Gasteiger partial charge in [-0.25, -0.2) is 4.79 Å². The van der Waals surface area contributed by atoms with Gasteiger partial charge >= 0.3 is 5.97 Å². The first kappa shape index (κ1) is 13.4. The summed E-state index contributed by atoms with van der Waals surface area (Å²) in [7, 11) is 4.40. The zero-order valence-electron chi connectivity index (χ0n) is 10.7. The Balaban J connectivity index is 3.31. The maximum atomic E-state index is 11.7. The molecule has 0 atom stereocenters. The molecule has 0 aromatic heterocycles. The zero-order valence-corrected chi connectivity index (χ0v) is 10.7. The van der Waals surface area contributed by atoms with E-state index in [0.29, 0.717) is 17.1 Å². The summed E-state index contributed by atoms with van der Waals surface area (Å²) < 4.78 is 15.2. The molecular formula is C13H18O4. The van der Waals surface area contributed by atoms with Gasteiger partial charge in [-0.05, 0) is 24.1 Å². The van der Waals surface area contributed by atoms with Gasteiger partial charge in [-0.3, -0.25) is 0 Å². The lowest BCUT2D eigenvalue weighted by molar-refractivity contribution is 0.0596. The van der Waals surface area contributed by atoms with Gasteiger partial charge in [0.25, 0.3) is 0 Å². The van der Waals surface area contributed by atoms with Crippen LogP contribution in [-0.2, 0) is 11.2 Å². The molecule has 0 amide bonds. The number of rotatable bonds is 5. The van der Waals surface area contributed by atoms with Crippen molar-refractivity contribution in [1.82, 2.24) is 0 Å². The summed E-state index contributed by atoms with van der Waals surface area (Å²) in [6.45, 7) is 2.08. The van der Waals surface area contributed by atoms with Crippen molar-refractivity contribution in [1.29, 1.82) is 0 Å². The zero-order chi connectivity index (χ0) is 12.8. The molecule has 0 fully saturated rings. The highest BCUT2D eigenvalue weighted by atomic mass is 16.5. The van der Waals surface area contributed by atoms with Crippen LogP contribution < -0.4 is 9.47 Å². The van der Waals surface area contributed by atoms with E-state index in [-0.39, 0.29) is 0 Å². The van der Waals surface area contributed by atoms with Gasteiger partial charge in [-0.1, -0.05) is 13.3 Å². The monoisotopic (exact) mass is 238 g/mol. The lowest BCUT2D eigenvalue weighted by atomic mass is 10.0. The molecule has 0 aliphatic carbocycles. The fourth-order valence-corrected chi connectivity index (χ4v) is 1.72. The first-order chi connectivity index (χ1) is 8.17. The molecule has 0 bridgehead atoms. The van der Waals surface area contributed by atoms with Crippen LogP contribution in [0.1, 0.15) is 29.3 Å². The van der Waals surface area contributed by atoms with Crippen LogP contribution in [0.4, 0.5) is 0 Å². The van der Waals surface area contributed by atoms with Gasteiger partial charge in [0.05, 0.1) is 21.3 Å². The molecule has 0 N–H and O–H groups in total. The van der Waals surface area contributed by atoms with Crippen molar-refractivity contribution in [3.05, 3.63) is 23.3 Å². The Morgan fingerprint density at radius 2 is 1.88 bits per heavy atom. The van der Waals surface area contributed by atoms with E-state index in [9.17, 15) is 4.79 Å². The van der Waals surface area contributed by atoms with Crippen molar-refractivity contribution in [2.75, 3.05) is 21.3 Å². The number of esters is 1. The molecule has 1 aromatic rings. The molecule has 0 radical (unpaired) electrons. The normalized spacial score (nSPS) is 9.88. The van der Waals surface area contributed by atoms with E-state index in [1.807, 2.05) is 6.07 Å². The molecule has 0 saturated carbocycles. The number of carbonyl (C=O) groups is 1. The third-order valence-corrected chi connectivity index (χ3v) is 2.48. The molecule has 17 heavy (non-hydrogen) atoms. The molecule has 0 heterocycles. The Kier molecular flexibility index (Phi) is 4.82. The molecule has 4 heteroatoms. The highest BCUT2D eigenvalue weighted by Gasteiger charge is 2.18. The number of hydrogen-bond acceptors (Lipinski definition) is 4. The molecule has 4 nitrogen and oxygen atoms in total. The topological polar surface area (TPSA) is 44.8 Å². The van der Waals surface area contributed by atoms with Crippen molar-refractivity contribution < 1.29 is 19.0 Å². The van der Waals surface area contributed by atoms with Crippen LogP contribution in [0, 0.1) is 0 Å². The Morgan fingerprint density at radius 1 is 1.18 bits per heavy atom. The van der Waals surface area contributed by atoms with Gasteiger partial charge in [-0.15, -0.1) is 0 Å². The number of ether oxygens (including phenoxy) is 3. The van der Waals surface area contributed by atoms with E-state index in [1.165, 1.54) is 14.2 Å². The van der Waals surface area contributed by atoms with Crippen LogP contribution in [0.2, 0.25) is 0 Å². The number of benzene rings is 1. The quantitative estimate of drug-likeness (QED) is 0.739. The van der Waals surface area contributed by atoms with Gasteiger partial charge in [0, 0.05) is 0 Å². The number of aryl methyl sites for hydroxylation is 1. The van der Waals surface area contributed by atoms with Crippen LogP contribution >= 0.6 is 0 Å². The van der Waals surface area contributed by atoms with Gasteiger partial charge in [0.2, 0.25) is 0 Å². The van der Waals surface area contributed by atoms with Crippen molar-refractivity contribution in [3.63, 3.8) is 0 Å². The minimum Gasteiger partial charge on any atom is -0.493 e. The van der Waals surface area contributed by atoms with E-state index in [2.05, 4.69) is 6.92 Å². The molecule has 0 spiro atoms. The standard InChI is InChI=1S/C13H18O4/c1-5-6-9-7-10(13(14)17-4)12(16-3)11(8-9)15-2/h7-8H,5-6H2,1-4H3. The second kappa shape index (κ2) is 6.13. The Labute approximate surface area is 101 Å². The van der Waals surface area contributed by atoms with Gasteiger partial charge < -0.3 is 14.2 Å². The highest BCUT2D eigenvalue weighted by molar-refractivity contribution is 5.93. The molecule has 0 aliphatic rings. The summed E-state index contributed by atoms with van der Waals surface area (Å²) in [5.41, 5.74) is 1.43. The largest absolute Gasteiger partial charge is 0.493 e. The molecule has 1 rings (SSSR count). The average molecular weight is 238 g/mol. The fraction of sp³-hybridized carbons (Fsp3) is 0.462. The van der Waals surface area contributed by atoms with E-state index < -0.39 is 5.97 Å². The van der Waals surface area contributed by atoms with Crippen molar-refractivity contribution in [3.8, 4) is 11.5 Å². The van der Waals surface area contributed by atoms with Crippen LogP contribution in [0.5, 0.6) is 11.5 Å². The van der Waals surface area contributed by atoms with E-state index in [0.717, 1.165) is 18.4 Å². The second-order valence-corrected chi connectivity index (χ2v) is 3.62. The molecular weight excluding hydrogens is 220 g/mol.